The summed E-state index contributed by atoms with van der Waals surface area (Å²) in [6.45, 7) is 2.67. The normalized spacial score (nSPS) is 19.0. The molecule has 1 amide bonds. The quantitative estimate of drug-likeness (QED) is 0.509. The van der Waals surface area contributed by atoms with Crippen LogP contribution in [0.15, 0.2) is 24.8 Å². The Balaban J connectivity index is 1.30. The lowest BCUT2D eigenvalue weighted by Crippen LogP contribution is -2.44. The van der Waals surface area contributed by atoms with Crippen LogP contribution in [-0.4, -0.2) is 62.3 Å². The summed E-state index contributed by atoms with van der Waals surface area (Å²) >= 11 is 1.68. The van der Waals surface area contributed by atoms with Gasteiger partial charge in [0, 0.05) is 29.3 Å². The molecule has 158 valence electrons. The van der Waals surface area contributed by atoms with E-state index in [2.05, 4.69) is 30.5 Å². The lowest BCUT2D eigenvalue weighted by Gasteiger charge is -2.31. The van der Waals surface area contributed by atoms with Gasteiger partial charge in [-0.05, 0) is 30.9 Å². The summed E-state index contributed by atoms with van der Waals surface area (Å²) in [5.74, 6) is 1.08. The Labute approximate surface area is 181 Å². The van der Waals surface area contributed by atoms with E-state index in [-0.39, 0.29) is 11.8 Å². The second-order valence-electron chi connectivity index (χ2n) is 7.94. The van der Waals surface area contributed by atoms with E-state index in [4.69, 9.17) is 4.74 Å². The number of nitrogens with one attached hydrogen (secondary N) is 2. The van der Waals surface area contributed by atoms with Gasteiger partial charge in [-0.1, -0.05) is 0 Å². The molecule has 4 aromatic heterocycles. The summed E-state index contributed by atoms with van der Waals surface area (Å²) in [6, 6.07) is 2.00. The summed E-state index contributed by atoms with van der Waals surface area (Å²) in [6.07, 6.45) is 7.59. The van der Waals surface area contributed by atoms with E-state index in [1.165, 1.54) is 10.4 Å². The van der Waals surface area contributed by atoms with Gasteiger partial charge >= 0.3 is 0 Å². The molecule has 1 saturated heterocycles. The number of fused-ring (bicyclic) bond motifs is 4. The topological polar surface area (TPSA) is 109 Å². The van der Waals surface area contributed by atoms with Gasteiger partial charge in [0.2, 0.25) is 5.91 Å². The molecule has 0 aromatic carbocycles. The smallest absolute Gasteiger partial charge is 0.226 e. The van der Waals surface area contributed by atoms with Crippen LogP contribution in [0.1, 0.15) is 16.9 Å². The number of ether oxygens (including phenoxy) is 1. The second kappa shape index (κ2) is 7.54. The van der Waals surface area contributed by atoms with Crippen LogP contribution in [0.5, 0.6) is 0 Å². The van der Waals surface area contributed by atoms with Crippen molar-refractivity contribution in [2.45, 2.75) is 19.3 Å². The van der Waals surface area contributed by atoms with Gasteiger partial charge in [0.25, 0.3) is 0 Å². The largest absolute Gasteiger partial charge is 0.378 e. The molecule has 1 aliphatic carbocycles. The number of morpholine rings is 1. The highest BCUT2D eigenvalue weighted by atomic mass is 32.1. The van der Waals surface area contributed by atoms with E-state index in [9.17, 15) is 4.79 Å². The molecule has 6 rings (SSSR count). The van der Waals surface area contributed by atoms with Crippen LogP contribution in [0.2, 0.25) is 0 Å². The number of hydrogen-bond acceptors (Lipinski definition) is 8. The Morgan fingerprint density at radius 3 is 3.03 bits per heavy atom. The first-order chi connectivity index (χ1) is 15.3. The number of H-pyrrole nitrogens is 1. The molecule has 1 atom stereocenters. The van der Waals surface area contributed by atoms with Gasteiger partial charge in [-0.3, -0.25) is 9.89 Å². The van der Waals surface area contributed by atoms with Crippen molar-refractivity contribution in [3.8, 4) is 0 Å². The molecule has 2 N–H and O–H groups in total. The molecule has 5 heterocycles. The Bertz CT molecular complexity index is 1280. The lowest BCUT2D eigenvalue weighted by molar-refractivity contribution is -0.140. The number of nitrogens with zero attached hydrogens (tertiary/aromatic N) is 5. The van der Waals surface area contributed by atoms with E-state index in [1.54, 1.807) is 30.1 Å². The van der Waals surface area contributed by atoms with Gasteiger partial charge in [-0.2, -0.15) is 5.10 Å². The lowest BCUT2D eigenvalue weighted by atomic mass is 9.86. The number of pyridine rings is 1. The molecule has 4 aromatic rings. The summed E-state index contributed by atoms with van der Waals surface area (Å²) < 4.78 is 5.39. The molecule has 0 bridgehead atoms. The summed E-state index contributed by atoms with van der Waals surface area (Å²) in [4.78, 5) is 30.6. The highest BCUT2D eigenvalue weighted by Gasteiger charge is 2.32. The molecule has 10 heteroatoms. The van der Waals surface area contributed by atoms with Crippen molar-refractivity contribution < 1.29 is 9.53 Å². The minimum Gasteiger partial charge on any atom is -0.378 e. The van der Waals surface area contributed by atoms with E-state index >= 15 is 0 Å². The van der Waals surface area contributed by atoms with Crippen molar-refractivity contribution in [1.82, 2.24) is 30.0 Å². The average Bonchev–Trinajstić information content (AvgIpc) is 3.43. The molecular weight excluding hydrogens is 414 g/mol. The number of thiophene rings is 1. The van der Waals surface area contributed by atoms with E-state index in [0.29, 0.717) is 26.3 Å². The zero-order valence-corrected chi connectivity index (χ0v) is 17.6. The van der Waals surface area contributed by atoms with Crippen molar-refractivity contribution in [3.63, 3.8) is 0 Å². The first-order valence-electron chi connectivity index (χ1n) is 10.4. The predicted octanol–water partition coefficient (Wildman–Crippen LogP) is 2.67. The predicted molar refractivity (Wildman–Crippen MR) is 118 cm³/mol. The van der Waals surface area contributed by atoms with E-state index < -0.39 is 0 Å². The number of aromatic amines is 1. The van der Waals surface area contributed by atoms with Crippen LogP contribution in [-0.2, 0) is 22.4 Å². The zero-order chi connectivity index (χ0) is 20.8. The van der Waals surface area contributed by atoms with Crippen molar-refractivity contribution in [3.05, 3.63) is 35.2 Å². The number of aryl methyl sites for hydroxylation is 1. The van der Waals surface area contributed by atoms with Crippen molar-refractivity contribution in [2.24, 2.45) is 5.92 Å². The molecular formula is C21H21N7O2S. The maximum Gasteiger partial charge on any atom is 0.226 e. The summed E-state index contributed by atoms with van der Waals surface area (Å²) in [5.41, 5.74) is 2.87. The highest BCUT2D eigenvalue weighted by Crippen LogP contribution is 2.40. The number of amides is 1. The Morgan fingerprint density at radius 2 is 2.13 bits per heavy atom. The minimum atomic E-state index is 0.0377. The molecule has 1 fully saturated rings. The second-order valence-corrected chi connectivity index (χ2v) is 9.02. The molecule has 0 radical (unpaired) electrons. The SMILES string of the molecule is O=C([C@H]1CCc2c(sc3ncnc(Nc4cnc5[nH]ncc5c4)c23)C1)N1CCOCC1. The van der Waals surface area contributed by atoms with Crippen LogP contribution >= 0.6 is 11.3 Å². The third-order valence-corrected chi connectivity index (χ3v) is 7.23. The molecule has 9 nitrogen and oxygen atoms in total. The molecule has 2 aliphatic rings. The van der Waals surface area contributed by atoms with Gasteiger partial charge in [0.05, 0.1) is 36.7 Å². The Hall–Kier alpha value is -3.11. The summed E-state index contributed by atoms with van der Waals surface area (Å²) in [7, 11) is 0. The maximum atomic E-state index is 13.0. The van der Waals surface area contributed by atoms with Crippen LogP contribution in [0, 0.1) is 5.92 Å². The highest BCUT2D eigenvalue weighted by molar-refractivity contribution is 7.19. The molecule has 0 unspecified atom stereocenters. The number of rotatable bonds is 3. The number of carbonyl (C=O) groups excluding carboxylic acids is 1. The van der Waals surface area contributed by atoms with Crippen LogP contribution in [0.4, 0.5) is 11.5 Å². The number of anilines is 2. The fraction of sp³-hybridized carbons (Fsp3) is 0.381. The third-order valence-electron chi connectivity index (χ3n) is 6.07. The number of aromatic nitrogens is 5. The monoisotopic (exact) mass is 435 g/mol. The maximum absolute atomic E-state index is 13.0. The Morgan fingerprint density at radius 1 is 1.23 bits per heavy atom. The standard InChI is InChI=1S/C21H21N7O2S/c29-21(28-3-5-30-6-4-28)12-1-2-15-16(8-12)31-20-17(15)19(23-11-24-20)26-14-7-13-9-25-27-18(13)22-10-14/h7,9-12H,1-6,8H2,(H,22,25,27)(H,23,24,26)/t12-/m0/s1. The van der Waals surface area contributed by atoms with Crippen molar-refractivity contribution in [1.29, 1.82) is 0 Å². The van der Waals surface area contributed by atoms with Gasteiger partial charge < -0.3 is 15.0 Å². The first kappa shape index (κ1) is 18.6. The van der Waals surface area contributed by atoms with Gasteiger partial charge in [0.15, 0.2) is 5.65 Å². The van der Waals surface area contributed by atoms with Crippen molar-refractivity contribution in [2.75, 3.05) is 31.6 Å². The minimum absolute atomic E-state index is 0.0377. The van der Waals surface area contributed by atoms with E-state index in [0.717, 1.165) is 52.0 Å². The number of hydrogen-bond donors (Lipinski definition) is 2. The van der Waals surface area contributed by atoms with Gasteiger partial charge in [-0.15, -0.1) is 11.3 Å². The van der Waals surface area contributed by atoms with Crippen LogP contribution in [0.25, 0.3) is 21.3 Å². The van der Waals surface area contributed by atoms with Gasteiger partial charge in [-0.25, -0.2) is 15.0 Å². The average molecular weight is 436 g/mol. The van der Waals surface area contributed by atoms with Crippen molar-refractivity contribution >= 4 is 50.0 Å². The zero-order valence-electron chi connectivity index (χ0n) is 16.8. The van der Waals surface area contributed by atoms with Crippen LogP contribution in [0.3, 0.4) is 0 Å². The van der Waals surface area contributed by atoms with Crippen LogP contribution < -0.4 is 5.32 Å². The molecule has 0 spiro atoms. The molecule has 1 aliphatic heterocycles. The Kier molecular flexibility index (Phi) is 4.53. The fourth-order valence-electron chi connectivity index (χ4n) is 4.50. The summed E-state index contributed by atoms with van der Waals surface area (Å²) in [5, 5.41) is 12.3. The fourth-order valence-corrected chi connectivity index (χ4v) is 5.77. The van der Waals surface area contributed by atoms with E-state index in [1.807, 2.05) is 11.0 Å². The first-order valence-corrected chi connectivity index (χ1v) is 11.3. The number of carbonyl (C=O) groups is 1. The van der Waals surface area contributed by atoms with Gasteiger partial charge in [0.1, 0.15) is 17.0 Å². The third kappa shape index (κ3) is 3.31. The molecule has 31 heavy (non-hydrogen) atoms. The molecule has 0 saturated carbocycles.